The first-order chi connectivity index (χ1) is 14.9. The average molecular weight is 455 g/mol. The summed E-state index contributed by atoms with van der Waals surface area (Å²) >= 11 is 7.43. The predicted molar refractivity (Wildman–Crippen MR) is 126 cm³/mol. The van der Waals surface area contributed by atoms with Crippen LogP contribution >= 0.6 is 23.4 Å². The normalized spacial score (nSPS) is 11.3. The summed E-state index contributed by atoms with van der Waals surface area (Å²) in [5.74, 6) is 1.41. The molecule has 0 aliphatic carbocycles. The standard InChI is InChI=1S/C23H23ClN4O2S/c1-5-28-22(19-11-16-10-17(24)6-7-18(16)30-19)26-27-23(28)31-12-20(29)25-21-14(3)8-13(2)9-15(21)4/h6-11H,5,12H2,1-4H3,(H,25,29). The van der Waals surface area contributed by atoms with Gasteiger partial charge in [-0.2, -0.15) is 0 Å². The van der Waals surface area contributed by atoms with Crippen molar-refractivity contribution in [2.75, 3.05) is 11.1 Å². The van der Waals surface area contributed by atoms with Crippen LogP contribution in [0, 0.1) is 20.8 Å². The van der Waals surface area contributed by atoms with Crippen molar-refractivity contribution in [3.05, 3.63) is 58.1 Å². The molecule has 2 heterocycles. The monoisotopic (exact) mass is 454 g/mol. The van der Waals surface area contributed by atoms with Crippen LogP contribution in [0.25, 0.3) is 22.6 Å². The van der Waals surface area contributed by atoms with E-state index in [0.29, 0.717) is 28.3 Å². The number of aryl methyl sites for hydroxylation is 3. The van der Waals surface area contributed by atoms with E-state index in [-0.39, 0.29) is 11.7 Å². The number of carbonyl (C=O) groups excluding carboxylic acids is 1. The van der Waals surface area contributed by atoms with Gasteiger partial charge in [0.2, 0.25) is 11.7 Å². The Morgan fingerprint density at radius 1 is 1.13 bits per heavy atom. The average Bonchev–Trinajstić information content (AvgIpc) is 3.31. The molecule has 4 aromatic rings. The zero-order chi connectivity index (χ0) is 22.1. The summed E-state index contributed by atoms with van der Waals surface area (Å²) in [6.45, 7) is 8.72. The van der Waals surface area contributed by atoms with Crippen LogP contribution in [0.2, 0.25) is 5.02 Å². The Kier molecular flexibility index (Phi) is 6.07. The molecule has 31 heavy (non-hydrogen) atoms. The lowest BCUT2D eigenvalue weighted by atomic mass is 10.1. The van der Waals surface area contributed by atoms with Crippen LogP contribution in [0.1, 0.15) is 23.6 Å². The van der Waals surface area contributed by atoms with E-state index in [0.717, 1.165) is 27.8 Å². The van der Waals surface area contributed by atoms with E-state index >= 15 is 0 Å². The minimum Gasteiger partial charge on any atom is -0.453 e. The molecule has 0 bridgehead atoms. The topological polar surface area (TPSA) is 73.0 Å². The number of benzene rings is 2. The maximum Gasteiger partial charge on any atom is 0.234 e. The number of nitrogens with one attached hydrogen (secondary N) is 1. The molecule has 1 amide bonds. The maximum absolute atomic E-state index is 12.6. The number of amides is 1. The molecular weight excluding hydrogens is 432 g/mol. The smallest absolute Gasteiger partial charge is 0.234 e. The van der Waals surface area contributed by atoms with Crippen molar-refractivity contribution >= 4 is 45.9 Å². The maximum atomic E-state index is 12.6. The number of anilines is 1. The van der Waals surface area contributed by atoms with E-state index in [1.165, 1.54) is 17.3 Å². The Hall–Kier alpha value is -2.77. The summed E-state index contributed by atoms with van der Waals surface area (Å²) in [4.78, 5) is 12.6. The molecule has 2 aromatic carbocycles. The van der Waals surface area contributed by atoms with Crippen molar-refractivity contribution in [1.82, 2.24) is 14.8 Å². The molecule has 160 valence electrons. The quantitative estimate of drug-likeness (QED) is 0.360. The van der Waals surface area contributed by atoms with Gasteiger partial charge in [-0.15, -0.1) is 10.2 Å². The van der Waals surface area contributed by atoms with Crippen molar-refractivity contribution in [1.29, 1.82) is 0 Å². The zero-order valence-electron chi connectivity index (χ0n) is 17.8. The van der Waals surface area contributed by atoms with Gasteiger partial charge in [0.05, 0.1) is 5.75 Å². The second-order valence-electron chi connectivity index (χ2n) is 7.45. The van der Waals surface area contributed by atoms with Crippen LogP contribution in [-0.4, -0.2) is 26.4 Å². The first-order valence-electron chi connectivity index (χ1n) is 9.99. The molecule has 0 aliphatic rings. The number of hydrogen-bond acceptors (Lipinski definition) is 5. The number of thioether (sulfide) groups is 1. The third-order valence-electron chi connectivity index (χ3n) is 5.01. The predicted octanol–water partition coefficient (Wildman–Crippen LogP) is 6.02. The van der Waals surface area contributed by atoms with Crippen LogP contribution < -0.4 is 5.32 Å². The van der Waals surface area contributed by atoms with Crippen LogP contribution in [0.5, 0.6) is 0 Å². The largest absolute Gasteiger partial charge is 0.453 e. The second kappa shape index (κ2) is 8.77. The summed E-state index contributed by atoms with van der Waals surface area (Å²) in [7, 11) is 0. The lowest BCUT2D eigenvalue weighted by Gasteiger charge is -2.12. The number of hydrogen-bond donors (Lipinski definition) is 1. The van der Waals surface area contributed by atoms with Gasteiger partial charge in [0.25, 0.3) is 0 Å². The van der Waals surface area contributed by atoms with Crippen molar-refractivity contribution in [3.8, 4) is 11.6 Å². The van der Waals surface area contributed by atoms with Crippen LogP contribution in [-0.2, 0) is 11.3 Å². The van der Waals surface area contributed by atoms with E-state index in [2.05, 4.69) is 27.6 Å². The lowest BCUT2D eigenvalue weighted by Crippen LogP contribution is -2.16. The Morgan fingerprint density at radius 2 is 1.87 bits per heavy atom. The fourth-order valence-corrected chi connectivity index (χ4v) is 4.65. The molecule has 0 radical (unpaired) electrons. The molecular formula is C23H23ClN4O2S. The molecule has 0 atom stereocenters. The molecule has 0 unspecified atom stereocenters. The van der Waals surface area contributed by atoms with Crippen LogP contribution in [0.4, 0.5) is 5.69 Å². The third-order valence-corrected chi connectivity index (χ3v) is 6.21. The zero-order valence-corrected chi connectivity index (χ0v) is 19.4. The fraction of sp³-hybridized carbons (Fsp3) is 0.261. The highest BCUT2D eigenvalue weighted by Crippen LogP contribution is 2.31. The van der Waals surface area contributed by atoms with Crippen molar-refractivity contribution in [2.24, 2.45) is 0 Å². The number of halogens is 1. The first kappa shape index (κ1) is 21.5. The van der Waals surface area contributed by atoms with Gasteiger partial charge in [0.15, 0.2) is 10.9 Å². The highest BCUT2D eigenvalue weighted by atomic mass is 35.5. The molecule has 4 rings (SSSR count). The van der Waals surface area contributed by atoms with Gasteiger partial charge < -0.3 is 9.73 Å². The summed E-state index contributed by atoms with van der Waals surface area (Å²) in [5, 5.41) is 13.9. The molecule has 0 saturated heterocycles. The Balaban J connectivity index is 1.51. The molecule has 0 fully saturated rings. The van der Waals surface area contributed by atoms with Gasteiger partial charge >= 0.3 is 0 Å². The van der Waals surface area contributed by atoms with E-state index in [9.17, 15) is 4.79 Å². The fourth-order valence-electron chi connectivity index (χ4n) is 3.67. The van der Waals surface area contributed by atoms with Gasteiger partial charge in [0, 0.05) is 22.6 Å². The molecule has 0 aliphatic heterocycles. The third kappa shape index (κ3) is 4.48. The summed E-state index contributed by atoms with van der Waals surface area (Å²) in [6.07, 6.45) is 0. The summed E-state index contributed by atoms with van der Waals surface area (Å²) in [6, 6.07) is 11.5. The number of fused-ring (bicyclic) bond motifs is 1. The van der Waals surface area contributed by atoms with Crippen molar-refractivity contribution in [2.45, 2.75) is 39.4 Å². The number of rotatable bonds is 6. The van der Waals surface area contributed by atoms with Crippen LogP contribution in [0.3, 0.4) is 0 Å². The minimum atomic E-state index is -0.0781. The number of furan rings is 1. The van der Waals surface area contributed by atoms with E-state index in [1.54, 1.807) is 6.07 Å². The number of nitrogens with zero attached hydrogens (tertiary/aromatic N) is 3. The SMILES string of the molecule is CCn1c(SCC(=O)Nc2c(C)cc(C)cc2C)nnc1-c1cc2cc(Cl)ccc2o1. The lowest BCUT2D eigenvalue weighted by molar-refractivity contribution is -0.113. The second-order valence-corrected chi connectivity index (χ2v) is 8.83. The molecule has 0 spiro atoms. The van der Waals surface area contributed by atoms with Gasteiger partial charge in [-0.25, -0.2) is 0 Å². The first-order valence-corrected chi connectivity index (χ1v) is 11.3. The minimum absolute atomic E-state index is 0.0781. The highest BCUT2D eigenvalue weighted by molar-refractivity contribution is 7.99. The van der Waals surface area contributed by atoms with E-state index in [1.807, 2.05) is 50.5 Å². The van der Waals surface area contributed by atoms with Crippen molar-refractivity contribution < 1.29 is 9.21 Å². The van der Waals surface area contributed by atoms with E-state index in [4.69, 9.17) is 16.0 Å². The highest BCUT2D eigenvalue weighted by Gasteiger charge is 2.18. The molecule has 6 nitrogen and oxygen atoms in total. The number of carbonyl (C=O) groups is 1. The van der Waals surface area contributed by atoms with Gasteiger partial charge in [-0.3, -0.25) is 9.36 Å². The Labute approximate surface area is 190 Å². The van der Waals surface area contributed by atoms with Gasteiger partial charge in [0.1, 0.15) is 5.58 Å². The molecule has 8 heteroatoms. The molecule has 2 aromatic heterocycles. The molecule has 0 saturated carbocycles. The van der Waals surface area contributed by atoms with Gasteiger partial charge in [-0.05, 0) is 63.1 Å². The molecule has 1 N–H and O–H groups in total. The van der Waals surface area contributed by atoms with Crippen molar-refractivity contribution in [3.63, 3.8) is 0 Å². The summed E-state index contributed by atoms with van der Waals surface area (Å²) < 4.78 is 7.88. The Bertz CT molecular complexity index is 1260. The van der Waals surface area contributed by atoms with Crippen LogP contribution in [0.15, 0.2) is 46.0 Å². The number of aromatic nitrogens is 3. The Morgan fingerprint density at radius 3 is 2.58 bits per heavy atom. The summed E-state index contributed by atoms with van der Waals surface area (Å²) in [5.41, 5.74) is 4.90. The van der Waals surface area contributed by atoms with E-state index < -0.39 is 0 Å². The van der Waals surface area contributed by atoms with Gasteiger partial charge in [-0.1, -0.05) is 41.1 Å².